The number of pyridine rings is 1. The van der Waals surface area contributed by atoms with E-state index < -0.39 is 5.41 Å². The number of piperidine rings is 1. The molecule has 7 rings (SSSR count). The molecule has 2 aromatic rings. The Bertz CT molecular complexity index is 1300. The maximum Gasteiger partial charge on any atom is 0.239 e. The smallest absolute Gasteiger partial charge is 0.239 e. The van der Waals surface area contributed by atoms with Crippen molar-refractivity contribution in [1.29, 1.82) is 0 Å². The van der Waals surface area contributed by atoms with Gasteiger partial charge in [-0.1, -0.05) is 31.5 Å². The van der Waals surface area contributed by atoms with E-state index >= 15 is 0 Å². The van der Waals surface area contributed by atoms with Gasteiger partial charge in [-0.05, 0) is 81.6 Å². The van der Waals surface area contributed by atoms with E-state index in [4.69, 9.17) is 9.72 Å². The van der Waals surface area contributed by atoms with Crippen molar-refractivity contribution in [3.05, 3.63) is 47.2 Å². The molecule has 37 heavy (non-hydrogen) atoms. The van der Waals surface area contributed by atoms with E-state index in [9.17, 15) is 9.59 Å². The molecular weight excluding hydrogens is 464 g/mol. The molecule has 1 N–H and O–H groups in total. The van der Waals surface area contributed by atoms with Crippen LogP contribution in [0.3, 0.4) is 0 Å². The lowest BCUT2D eigenvalue weighted by atomic mass is 9.68. The van der Waals surface area contributed by atoms with Gasteiger partial charge in [-0.25, -0.2) is 4.98 Å². The van der Waals surface area contributed by atoms with E-state index in [1.54, 1.807) is 6.20 Å². The van der Waals surface area contributed by atoms with Crippen molar-refractivity contribution in [2.75, 3.05) is 36.5 Å². The second-order valence-electron chi connectivity index (χ2n) is 12.8. The van der Waals surface area contributed by atoms with E-state index in [0.29, 0.717) is 12.0 Å². The number of nitrogens with one attached hydrogen (secondary N) is 1. The zero-order valence-electron chi connectivity index (χ0n) is 22.1. The van der Waals surface area contributed by atoms with Crippen molar-refractivity contribution < 1.29 is 14.3 Å². The van der Waals surface area contributed by atoms with Gasteiger partial charge in [0, 0.05) is 23.8 Å². The summed E-state index contributed by atoms with van der Waals surface area (Å²) < 4.78 is 6.16. The fourth-order valence-electron chi connectivity index (χ4n) is 7.32. The van der Waals surface area contributed by atoms with Gasteiger partial charge in [0.25, 0.3) is 0 Å². The summed E-state index contributed by atoms with van der Waals surface area (Å²) in [4.78, 5) is 35.4. The maximum absolute atomic E-state index is 13.4. The second-order valence-corrected chi connectivity index (χ2v) is 12.8. The third-order valence-corrected chi connectivity index (χ3v) is 9.66. The lowest BCUT2D eigenvalue weighted by Gasteiger charge is -2.46. The number of amides is 2. The van der Waals surface area contributed by atoms with Gasteiger partial charge in [-0.3, -0.25) is 19.4 Å². The molecule has 0 bridgehead atoms. The molecule has 3 fully saturated rings. The monoisotopic (exact) mass is 500 g/mol. The highest BCUT2D eigenvalue weighted by Crippen LogP contribution is 2.59. The molecule has 7 heteroatoms. The predicted molar refractivity (Wildman–Crippen MR) is 142 cm³/mol. The number of likely N-dealkylation sites (tertiary alicyclic amines) is 1. The fourth-order valence-corrected chi connectivity index (χ4v) is 7.32. The van der Waals surface area contributed by atoms with Crippen molar-refractivity contribution in [3.63, 3.8) is 0 Å². The molecule has 0 atom stereocenters. The number of carbonyl (C=O) groups is 2. The second kappa shape index (κ2) is 7.79. The summed E-state index contributed by atoms with van der Waals surface area (Å²) in [6.07, 6.45) is 7.36. The number of ether oxygens (including phenoxy) is 1. The Kier molecular flexibility index (Phi) is 4.89. The van der Waals surface area contributed by atoms with Crippen LogP contribution >= 0.6 is 0 Å². The first-order valence-electron chi connectivity index (χ1n) is 13.8. The normalized spacial score (nSPS) is 24.7. The molecule has 0 radical (unpaired) electrons. The molecule has 1 aromatic carbocycles. The summed E-state index contributed by atoms with van der Waals surface area (Å²) in [7, 11) is 0. The average Bonchev–Trinajstić information content (AvgIpc) is 3.58. The first-order valence-corrected chi connectivity index (χ1v) is 13.8. The van der Waals surface area contributed by atoms with Gasteiger partial charge in [0.2, 0.25) is 11.8 Å². The van der Waals surface area contributed by atoms with Crippen LogP contribution in [-0.4, -0.2) is 54.0 Å². The third kappa shape index (κ3) is 3.46. The average molecular weight is 501 g/mol. The Labute approximate surface area is 218 Å². The Balaban J connectivity index is 0.986. The minimum absolute atomic E-state index is 0.149. The Morgan fingerprint density at radius 2 is 1.78 bits per heavy atom. The van der Waals surface area contributed by atoms with Crippen LogP contribution in [0.2, 0.25) is 0 Å². The topological polar surface area (TPSA) is 74.8 Å². The Morgan fingerprint density at radius 3 is 2.49 bits per heavy atom. The van der Waals surface area contributed by atoms with Crippen LogP contribution in [0.1, 0.15) is 69.1 Å². The van der Waals surface area contributed by atoms with Crippen molar-refractivity contribution in [3.8, 4) is 5.75 Å². The van der Waals surface area contributed by atoms with E-state index in [1.165, 1.54) is 11.1 Å². The van der Waals surface area contributed by atoms with Crippen LogP contribution in [0.4, 0.5) is 11.5 Å². The van der Waals surface area contributed by atoms with Gasteiger partial charge < -0.3 is 10.1 Å². The summed E-state index contributed by atoms with van der Waals surface area (Å²) >= 11 is 0. The lowest BCUT2D eigenvalue weighted by molar-refractivity contribution is -0.123. The van der Waals surface area contributed by atoms with Crippen LogP contribution in [-0.2, 0) is 20.4 Å². The SMILES string of the molecule is Cc1ccc2c(c1)C1(CCN(CCOc3cnc4c(c3)C3(CC3)C(=O)N4C3CC(C)(C)C3)CC1)C(=O)N2. The van der Waals surface area contributed by atoms with Crippen molar-refractivity contribution >= 4 is 23.3 Å². The summed E-state index contributed by atoms with van der Waals surface area (Å²) in [6, 6.07) is 8.63. The number of benzene rings is 1. The number of aromatic nitrogens is 1. The lowest BCUT2D eigenvalue weighted by Crippen LogP contribution is -2.51. The van der Waals surface area contributed by atoms with Crippen LogP contribution in [0.5, 0.6) is 5.75 Å². The summed E-state index contributed by atoms with van der Waals surface area (Å²) in [5, 5.41) is 3.10. The molecule has 1 aromatic heterocycles. The molecule has 2 spiro atoms. The van der Waals surface area contributed by atoms with E-state index in [1.807, 2.05) is 11.0 Å². The van der Waals surface area contributed by atoms with Crippen molar-refractivity contribution in [2.45, 2.75) is 76.2 Å². The maximum atomic E-state index is 13.4. The number of hydrogen-bond acceptors (Lipinski definition) is 5. The highest BCUT2D eigenvalue weighted by molar-refractivity contribution is 6.10. The van der Waals surface area contributed by atoms with Crippen LogP contribution in [0.25, 0.3) is 0 Å². The van der Waals surface area contributed by atoms with Gasteiger partial charge in [0.15, 0.2) is 0 Å². The summed E-state index contributed by atoms with van der Waals surface area (Å²) in [6.45, 7) is 9.75. The Hall–Kier alpha value is -2.93. The quantitative estimate of drug-likeness (QED) is 0.662. The van der Waals surface area contributed by atoms with Gasteiger partial charge in [-0.15, -0.1) is 0 Å². The van der Waals surface area contributed by atoms with Crippen LogP contribution < -0.4 is 15.0 Å². The van der Waals surface area contributed by atoms with Crippen LogP contribution in [0.15, 0.2) is 30.5 Å². The molecule has 4 heterocycles. The van der Waals surface area contributed by atoms with Gasteiger partial charge in [0.05, 0.1) is 17.0 Å². The largest absolute Gasteiger partial charge is 0.491 e. The number of rotatable bonds is 5. The molecule has 7 nitrogen and oxygen atoms in total. The molecule has 2 amide bonds. The van der Waals surface area contributed by atoms with Gasteiger partial charge in [-0.2, -0.15) is 0 Å². The number of hydrogen-bond donors (Lipinski definition) is 1. The first-order chi connectivity index (χ1) is 17.7. The van der Waals surface area contributed by atoms with E-state index in [2.05, 4.69) is 49.2 Å². The standard InChI is InChI=1S/C30H36N4O3/c1-19-4-5-24-22(14-19)29(26(35)32-24)8-10-33(11-9-29)12-13-37-21-15-23-25(31-18-21)34(20-16-28(2,3)17-20)27(36)30(23)6-7-30/h4-5,14-15,18,20H,6-13,16-17H2,1-3H3,(H,32,35). The van der Waals surface area contributed by atoms with E-state index in [0.717, 1.165) is 81.0 Å². The molecule has 2 aliphatic carbocycles. The summed E-state index contributed by atoms with van der Waals surface area (Å²) in [5.74, 6) is 2.02. The molecule has 3 aliphatic heterocycles. The molecule has 1 saturated heterocycles. The zero-order valence-corrected chi connectivity index (χ0v) is 22.1. The number of aryl methyl sites for hydroxylation is 1. The zero-order chi connectivity index (χ0) is 25.6. The number of anilines is 2. The predicted octanol–water partition coefficient (Wildman–Crippen LogP) is 4.32. The minimum atomic E-state index is -0.394. The van der Waals surface area contributed by atoms with Gasteiger partial charge in [0.1, 0.15) is 18.2 Å². The molecule has 194 valence electrons. The molecule has 2 saturated carbocycles. The number of carbonyl (C=O) groups excluding carboxylic acids is 2. The van der Waals surface area contributed by atoms with Gasteiger partial charge >= 0.3 is 0 Å². The Morgan fingerprint density at radius 1 is 1.03 bits per heavy atom. The number of fused-ring (bicyclic) bond motifs is 4. The van der Waals surface area contributed by atoms with Crippen molar-refractivity contribution in [2.24, 2.45) is 5.41 Å². The first kappa shape index (κ1) is 23.2. The highest BCUT2D eigenvalue weighted by Gasteiger charge is 2.62. The molecular formula is C30H36N4O3. The van der Waals surface area contributed by atoms with Crippen LogP contribution in [0, 0.1) is 12.3 Å². The number of nitrogens with zero attached hydrogens (tertiary/aromatic N) is 3. The molecule has 0 unspecified atom stereocenters. The van der Waals surface area contributed by atoms with Crippen molar-refractivity contribution in [1.82, 2.24) is 9.88 Å². The highest BCUT2D eigenvalue weighted by atomic mass is 16.5. The summed E-state index contributed by atoms with van der Waals surface area (Å²) in [5.41, 5.74) is 3.98. The van der Waals surface area contributed by atoms with E-state index in [-0.39, 0.29) is 23.3 Å². The molecule has 5 aliphatic rings. The third-order valence-electron chi connectivity index (χ3n) is 9.66. The minimum Gasteiger partial charge on any atom is -0.491 e. The fraction of sp³-hybridized carbons (Fsp3) is 0.567.